The van der Waals surface area contributed by atoms with Crippen LogP contribution in [0.5, 0.6) is 0 Å². The van der Waals surface area contributed by atoms with Crippen molar-refractivity contribution in [3.8, 4) is 0 Å². The monoisotopic (exact) mass is 394 g/mol. The molecule has 9 heteroatoms. The molecule has 1 aliphatic rings. The van der Waals surface area contributed by atoms with Gasteiger partial charge in [0, 0.05) is 0 Å². The van der Waals surface area contributed by atoms with Crippen LogP contribution in [0.4, 0.5) is 17.6 Å². The Labute approximate surface area is 157 Å². The fraction of sp³-hybridized carbons (Fsp3) is 0.421. The number of aromatic amines is 1. The fourth-order valence-corrected chi connectivity index (χ4v) is 3.66. The Bertz CT molecular complexity index is 1090. The summed E-state index contributed by atoms with van der Waals surface area (Å²) in [5.41, 5.74) is -0.645. The van der Waals surface area contributed by atoms with E-state index in [1.54, 1.807) is 6.92 Å². The summed E-state index contributed by atoms with van der Waals surface area (Å²) in [4.78, 5) is 19.2. The molecule has 1 atom stereocenters. The standard InChI is InChI=1S/C19H18F4N4O/c1-10-24-16-14(17(28)25-10)13(9-20)26-27(16)15(18(2)7-8-18)11-3-5-12(6-4-11)19(21,22)23/h3-6,15H,7-9H2,1-2H3,(H,24,25,28)/t15-/m0/s1. The van der Waals surface area contributed by atoms with Gasteiger partial charge in [0.05, 0.1) is 11.6 Å². The van der Waals surface area contributed by atoms with Crippen molar-refractivity contribution < 1.29 is 17.6 Å². The summed E-state index contributed by atoms with van der Waals surface area (Å²) in [6.45, 7) is 2.67. The van der Waals surface area contributed by atoms with Crippen molar-refractivity contribution in [2.45, 2.75) is 45.6 Å². The SMILES string of the molecule is Cc1nc2c(c(CF)nn2[C@@H](c2ccc(C(F)(F)F)cc2)C2(C)CC2)c(=O)[nH]1. The van der Waals surface area contributed by atoms with Gasteiger partial charge in [0.15, 0.2) is 5.65 Å². The summed E-state index contributed by atoms with van der Waals surface area (Å²) < 4.78 is 53.8. The zero-order valence-electron chi connectivity index (χ0n) is 15.3. The Kier molecular flexibility index (Phi) is 4.09. The maximum absolute atomic E-state index is 13.5. The van der Waals surface area contributed by atoms with E-state index in [2.05, 4.69) is 15.1 Å². The van der Waals surface area contributed by atoms with Crippen LogP contribution in [0.15, 0.2) is 29.1 Å². The third kappa shape index (κ3) is 2.98. The van der Waals surface area contributed by atoms with Gasteiger partial charge in [0.2, 0.25) is 0 Å². The van der Waals surface area contributed by atoms with Gasteiger partial charge in [-0.1, -0.05) is 19.1 Å². The molecule has 1 saturated carbocycles. The van der Waals surface area contributed by atoms with Crippen LogP contribution in [-0.4, -0.2) is 19.7 Å². The molecule has 2 heterocycles. The van der Waals surface area contributed by atoms with Gasteiger partial charge < -0.3 is 4.98 Å². The smallest absolute Gasteiger partial charge is 0.310 e. The van der Waals surface area contributed by atoms with Crippen LogP contribution in [0.25, 0.3) is 11.0 Å². The maximum Gasteiger partial charge on any atom is 0.416 e. The lowest BCUT2D eigenvalue weighted by Gasteiger charge is -2.25. The first-order valence-corrected chi connectivity index (χ1v) is 8.85. The summed E-state index contributed by atoms with van der Waals surface area (Å²) >= 11 is 0. The highest BCUT2D eigenvalue weighted by Crippen LogP contribution is 2.56. The molecular weight excluding hydrogens is 376 g/mol. The lowest BCUT2D eigenvalue weighted by molar-refractivity contribution is -0.137. The topological polar surface area (TPSA) is 63.6 Å². The number of aromatic nitrogens is 4. The predicted molar refractivity (Wildman–Crippen MR) is 94.6 cm³/mol. The van der Waals surface area contributed by atoms with Crippen LogP contribution in [0, 0.1) is 12.3 Å². The molecule has 1 aromatic carbocycles. The van der Waals surface area contributed by atoms with Crippen LogP contribution in [0.2, 0.25) is 0 Å². The van der Waals surface area contributed by atoms with E-state index >= 15 is 0 Å². The molecule has 148 valence electrons. The summed E-state index contributed by atoms with van der Waals surface area (Å²) in [5.74, 6) is 0.358. The summed E-state index contributed by atoms with van der Waals surface area (Å²) in [6.07, 6.45) is -2.75. The lowest BCUT2D eigenvalue weighted by atomic mass is 9.91. The van der Waals surface area contributed by atoms with E-state index in [9.17, 15) is 22.4 Å². The minimum atomic E-state index is -4.43. The molecule has 0 aliphatic heterocycles. The minimum Gasteiger partial charge on any atom is -0.310 e. The minimum absolute atomic E-state index is 0.0232. The lowest BCUT2D eigenvalue weighted by Crippen LogP contribution is -2.22. The summed E-state index contributed by atoms with van der Waals surface area (Å²) in [7, 11) is 0. The second-order valence-electron chi connectivity index (χ2n) is 7.55. The Morgan fingerprint density at radius 2 is 1.89 bits per heavy atom. The second kappa shape index (κ2) is 6.15. The van der Waals surface area contributed by atoms with Gasteiger partial charge in [0.25, 0.3) is 5.56 Å². The first kappa shape index (κ1) is 18.6. The largest absolute Gasteiger partial charge is 0.416 e. The zero-order chi connectivity index (χ0) is 20.3. The summed E-state index contributed by atoms with van der Waals surface area (Å²) in [5, 5.41) is 4.38. The van der Waals surface area contributed by atoms with Crippen LogP contribution in [0.1, 0.15) is 48.5 Å². The third-order valence-electron chi connectivity index (χ3n) is 5.38. The average Bonchev–Trinajstić information content (AvgIpc) is 3.25. The average molecular weight is 394 g/mol. The number of benzene rings is 1. The number of halogens is 4. The van der Waals surface area contributed by atoms with Gasteiger partial charge >= 0.3 is 6.18 Å². The molecule has 4 rings (SSSR count). The molecule has 2 aromatic heterocycles. The second-order valence-corrected chi connectivity index (χ2v) is 7.55. The van der Waals surface area contributed by atoms with E-state index in [1.807, 2.05) is 6.92 Å². The molecule has 0 unspecified atom stereocenters. The van der Waals surface area contributed by atoms with E-state index in [0.717, 1.165) is 25.0 Å². The van der Waals surface area contributed by atoms with Gasteiger partial charge in [-0.3, -0.25) is 4.79 Å². The van der Waals surface area contributed by atoms with Crippen molar-refractivity contribution in [3.63, 3.8) is 0 Å². The van der Waals surface area contributed by atoms with Crippen molar-refractivity contribution in [1.29, 1.82) is 0 Å². The van der Waals surface area contributed by atoms with Crippen molar-refractivity contribution in [2.24, 2.45) is 5.41 Å². The third-order valence-corrected chi connectivity index (χ3v) is 5.38. The molecule has 0 bridgehead atoms. The molecule has 3 aromatic rings. The number of H-pyrrole nitrogens is 1. The highest BCUT2D eigenvalue weighted by molar-refractivity contribution is 5.77. The van der Waals surface area contributed by atoms with E-state index in [1.165, 1.54) is 16.8 Å². The van der Waals surface area contributed by atoms with Gasteiger partial charge in [-0.15, -0.1) is 0 Å². The Hall–Kier alpha value is -2.71. The Balaban J connectivity index is 1.92. The highest BCUT2D eigenvalue weighted by Gasteiger charge is 2.48. The number of alkyl halides is 4. The molecule has 0 radical (unpaired) electrons. The number of aryl methyl sites for hydroxylation is 1. The quantitative estimate of drug-likeness (QED) is 0.671. The van der Waals surface area contributed by atoms with E-state index in [4.69, 9.17) is 0 Å². The molecule has 0 saturated heterocycles. The van der Waals surface area contributed by atoms with Gasteiger partial charge in [-0.05, 0) is 42.9 Å². The van der Waals surface area contributed by atoms with E-state index in [0.29, 0.717) is 11.4 Å². The predicted octanol–water partition coefficient (Wildman–Crippen LogP) is 4.31. The van der Waals surface area contributed by atoms with Crippen molar-refractivity contribution >= 4 is 11.0 Å². The van der Waals surface area contributed by atoms with Crippen LogP contribution in [0.3, 0.4) is 0 Å². The number of hydrogen-bond donors (Lipinski definition) is 1. The first-order chi connectivity index (χ1) is 13.1. The number of nitrogens with one attached hydrogen (secondary N) is 1. The molecular formula is C19H18F4N4O. The number of fused-ring (bicyclic) bond motifs is 1. The summed E-state index contributed by atoms with van der Waals surface area (Å²) in [6, 6.07) is 4.44. The molecule has 1 fully saturated rings. The highest BCUT2D eigenvalue weighted by atomic mass is 19.4. The van der Waals surface area contributed by atoms with Crippen molar-refractivity contribution in [3.05, 3.63) is 57.3 Å². The van der Waals surface area contributed by atoms with Crippen LogP contribution in [-0.2, 0) is 12.9 Å². The Morgan fingerprint density at radius 1 is 1.25 bits per heavy atom. The zero-order valence-corrected chi connectivity index (χ0v) is 15.3. The van der Waals surface area contributed by atoms with Gasteiger partial charge in [0.1, 0.15) is 23.6 Å². The van der Waals surface area contributed by atoms with E-state index < -0.39 is 30.0 Å². The Morgan fingerprint density at radius 3 is 2.43 bits per heavy atom. The molecule has 0 spiro atoms. The molecule has 28 heavy (non-hydrogen) atoms. The van der Waals surface area contributed by atoms with E-state index in [-0.39, 0.29) is 22.1 Å². The number of rotatable bonds is 4. The number of nitrogens with zero attached hydrogens (tertiary/aromatic N) is 3. The molecule has 0 amide bonds. The molecule has 5 nitrogen and oxygen atoms in total. The van der Waals surface area contributed by atoms with Crippen LogP contribution >= 0.6 is 0 Å². The molecule has 1 N–H and O–H groups in total. The first-order valence-electron chi connectivity index (χ1n) is 8.85. The molecule has 1 aliphatic carbocycles. The maximum atomic E-state index is 13.5. The van der Waals surface area contributed by atoms with Crippen molar-refractivity contribution in [1.82, 2.24) is 19.7 Å². The fourth-order valence-electron chi connectivity index (χ4n) is 3.66. The normalized spacial score (nSPS) is 17.1. The number of hydrogen-bond acceptors (Lipinski definition) is 3. The van der Waals surface area contributed by atoms with Crippen molar-refractivity contribution in [2.75, 3.05) is 0 Å². The van der Waals surface area contributed by atoms with Gasteiger partial charge in [-0.2, -0.15) is 18.3 Å². The van der Waals surface area contributed by atoms with Crippen LogP contribution < -0.4 is 5.56 Å². The van der Waals surface area contributed by atoms with Gasteiger partial charge in [-0.25, -0.2) is 14.1 Å².